The summed E-state index contributed by atoms with van der Waals surface area (Å²) in [4.78, 5) is 40.4. The molecule has 0 radical (unpaired) electrons. The zero-order valence-electron chi connectivity index (χ0n) is 22.5. The highest BCUT2D eigenvalue weighted by molar-refractivity contribution is 5.87. The molecule has 0 N–H and O–H groups in total. The summed E-state index contributed by atoms with van der Waals surface area (Å²) < 4.78 is 69.4. The Bertz CT molecular complexity index is 1750. The first-order valence-electron chi connectivity index (χ1n) is 13.5. The minimum atomic E-state index is -5.02. The molecule has 6 rings (SSSR count). The predicted molar refractivity (Wildman–Crippen MR) is 146 cm³/mol. The molecule has 3 heterocycles. The molecule has 0 unspecified atom stereocenters. The lowest BCUT2D eigenvalue weighted by atomic mass is 10.0. The Kier molecular flexibility index (Phi) is 7.43. The second kappa shape index (κ2) is 11.3. The maximum Gasteiger partial charge on any atom is 0.450 e. The second-order valence-electron chi connectivity index (χ2n) is 9.96. The fraction of sp³-hybridized carbons (Fsp3) is 0.258. The number of rotatable bonds is 5. The summed E-state index contributed by atoms with van der Waals surface area (Å²) in [5, 5.41) is -0.148. The molecule has 1 saturated heterocycles. The molecular formula is C31H24F3NO8. The van der Waals surface area contributed by atoms with Crippen LogP contribution in [0.25, 0.3) is 22.1 Å². The van der Waals surface area contributed by atoms with Crippen molar-refractivity contribution in [3.05, 3.63) is 88.3 Å². The zero-order valence-corrected chi connectivity index (χ0v) is 22.5. The van der Waals surface area contributed by atoms with E-state index < -0.39 is 46.6 Å². The topological polar surface area (TPSA) is 105 Å². The molecule has 1 amide bonds. The number of nitrogens with zero attached hydrogens (tertiary/aromatic N) is 1. The molecule has 0 saturated carbocycles. The van der Waals surface area contributed by atoms with Crippen LogP contribution in [0.1, 0.15) is 24.2 Å². The number of hydrogen-bond donors (Lipinski definition) is 0. The van der Waals surface area contributed by atoms with Gasteiger partial charge in [-0.05, 0) is 48.2 Å². The van der Waals surface area contributed by atoms with Crippen molar-refractivity contribution in [1.29, 1.82) is 0 Å². The maximum atomic E-state index is 14.2. The summed E-state index contributed by atoms with van der Waals surface area (Å²) in [5.74, 6) is -1.88. The lowest BCUT2D eigenvalue weighted by molar-refractivity contribution is -0.152. The lowest BCUT2D eigenvalue weighted by Crippen LogP contribution is -2.42. The van der Waals surface area contributed by atoms with E-state index in [1.807, 2.05) is 18.2 Å². The van der Waals surface area contributed by atoms with Crippen molar-refractivity contribution < 1.29 is 46.1 Å². The van der Waals surface area contributed by atoms with Crippen LogP contribution in [0.3, 0.4) is 0 Å². The van der Waals surface area contributed by atoms with Gasteiger partial charge in [0.2, 0.25) is 11.2 Å². The molecule has 1 aromatic heterocycles. The number of amides is 1. The number of carbonyl (C=O) groups excluding carboxylic acids is 2. The van der Waals surface area contributed by atoms with Crippen molar-refractivity contribution in [3.8, 4) is 28.4 Å². The summed E-state index contributed by atoms with van der Waals surface area (Å²) >= 11 is 0. The first kappa shape index (κ1) is 28.1. The normalized spacial score (nSPS) is 16.3. The molecule has 2 aliphatic heterocycles. The fourth-order valence-electron chi connectivity index (χ4n) is 5.11. The number of ether oxygens (including phenoxy) is 4. The van der Waals surface area contributed by atoms with Gasteiger partial charge in [-0.25, -0.2) is 9.59 Å². The highest BCUT2D eigenvalue weighted by Crippen LogP contribution is 2.41. The van der Waals surface area contributed by atoms with Crippen LogP contribution in [0.2, 0.25) is 0 Å². The van der Waals surface area contributed by atoms with Gasteiger partial charge in [0.1, 0.15) is 37.2 Å². The molecule has 2 aliphatic rings. The third kappa shape index (κ3) is 5.72. The van der Waals surface area contributed by atoms with E-state index >= 15 is 0 Å². The first-order chi connectivity index (χ1) is 20.7. The molecule has 222 valence electrons. The van der Waals surface area contributed by atoms with Crippen molar-refractivity contribution in [2.24, 2.45) is 0 Å². The smallest absolute Gasteiger partial charge is 0.450 e. The molecule has 43 heavy (non-hydrogen) atoms. The second-order valence-corrected chi connectivity index (χ2v) is 9.96. The Balaban J connectivity index is 1.26. The van der Waals surface area contributed by atoms with Crippen LogP contribution < -0.4 is 19.6 Å². The Morgan fingerprint density at radius 3 is 2.49 bits per heavy atom. The van der Waals surface area contributed by atoms with Crippen LogP contribution in [0.15, 0.2) is 75.9 Å². The Morgan fingerprint density at radius 1 is 0.953 bits per heavy atom. The van der Waals surface area contributed by atoms with Crippen LogP contribution in [0, 0.1) is 0 Å². The van der Waals surface area contributed by atoms with E-state index in [4.69, 9.17) is 23.4 Å². The van der Waals surface area contributed by atoms with E-state index in [1.54, 1.807) is 12.1 Å². The van der Waals surface area contributed by atoms with Gasteiger partial charge in [0, 0.05) is 12.6 Å². The molecule has 1 fully saturated rings. The van der Waals surface area contributed by atoms with E-state index in [2.05, 4.69) is 0 Å². The molecule has 9 nitrogen and oxygen atoms in total. The third-order valence-corrected chi connectivity index (χ3v) is 7.14. The quantitative estimate of drug-likeness (QED) is 0.206. The van der Waals surface area contributed by atoms with Gasteiger partial charge in [0.05, 0.1) is 10.9 Å². The van der Waals surface area contributed by atoms with Crippen molar-refractivity contribution in [1.82, 2.24) is 4.90 Å². The average Bonchev–Trinajstić information content (AvgIpc) is 3.50. The predicted octanol–water partition coefficient (Wildman–Crippen LogP) is 5.96. The highest BCUT2D eigenvalue weighted by atomic mass is 19.4. The van der Waals surface area contributed by atoms with E-state index in [0.717, 1.165) is 11.6 Å². The summed E-state index contributed by atoms with van der Waals surface area (Å²) in [6.45, 7) is 0.807. The molecule has 3 aromatic carbocycles. The monoisotopic (exact) mass is 595 g/mol. The van der Waals surface area contributed by atoms with Gasteiger partial charge in [-0.2, -0.15) is 13.2 Å². The number of benzene rings is 3. The van der Waals surface area contributed by atoms with Gasteiger partial charge < -0.3 is 23.4 Å². The van der Waals surface area contributed by atoms with Gasteiger partial charge in [-0.1, -0.05) is 36.4 Å². The largest absolute Gasteiger partial charge is 0.486 e. The highest BCUT2D eigenvalue weighted by Gasteiger charge is 2.40. The fourth-order valence-corrected chi connectivity index (χ4v) is 5.11. The summed E-state index contributed by atoms with van der Waals surface area (Å²) in [7, 11) is 0. The number of hydrogen-bond acceptors (Lipinski definition) is 8. The maximum absolute atomic E-state index is 14.2. The summed E-state index contributed by atoms with van der Waals surface area (Å²) in [6, 6.07) is 15.7. The molecular weight excluding hydrogens is 571 g/mol. The lowest BCUT2D eigenvalue weighted by Gasteiger charge is -2.22. The van der Waals surface area contributed by atoms with Crippen molar-refractivity contribution in [2.75, 3.05) is 19.8 Å². The van der Waals surface area contributed by atoms with Gasteiger partial charge in [-0.15, -0.1) is 0 Å². The van der Waals surface area contributed by atoms with E-state index in [0.29, 0.717) is 25.2 Å². The van der Waals surface area contributed by atoms with Crippen LogP contribution in [0.5, 0.6) is 17.2 Å². The summed E-state index contributed by atoms with van der Waals surface area (Å²) in [5.41, 5.74) is -1.30. The van der Waals surface area contributed by atoms with Crippen LogP contribution in [-0.4, -0.2) is 42.8 Å². The van der Waals surface area contributed by atoms with Crippen molar-refractivity contribution >= 4 is 23.0 Å². The zero-order chi connectivity index (χ0) is 30.1. The van der Waals surface area contributed by atoms with E-state index in [1.165, 1.54) is 35.2 Å². The molecule has 0 aliphatic carbocycles. The van der Waals surface area contributed by atoms with Gasteiger partial charge in [-0.3, -0.25) is 9.69 Å². The minimum Gasteiger partial charge on any atom is -0.486 e. The number of halogens is 3. The van der Waals surface area contributed by atoms with Gasteiger partial charge >= 0.3 is 18.2 Å². The SMILES string of the molecule is O=C(Oc1ccc2c(=O)c(-c3ccc4c(c3)OCCO4)c(C(F)(F)F)oc2c1)[C@H]1CCCN1C(=O)OCc1ccccc1. The van der Waals surface area contributed by atoms with Crippen LogP contribution in [0.4, 0.5) is 18.0 Å². The third-order valence-electron chi connectivity index (χ3n) is 7.14. The van der Waals surface area contributed by atoms with Gasteiger partial charge in [0.25, 0.3) is 0 Å². The molecule has 0 spiro atoms. The Labute approximate surface area is 242 Å². The van der Waals surface area contributed by atoms with Crippen LogP contribution in [-0.2, 0) is 22.3 Å². The molecule has 1 atom stereocenters. The standard InChI is InChI=1S/C31H24F3NO8/c32-31(33,34)28-26(19-8-11-23-25(15-19)40-14-13-39-23)27(36)21-10-9-20(16-24(21)43-28)42-29(37)22-7-4-12-35(22)30(38)41-17-18-5-2-1-3-6-18/h1-3,5-6,8-11,15-16,22H,4,7,12-14,17H2/t22-/m1/s1. The number of likely N-dealkylation sites (tertiary alicyclic amines) is 1. The molecule has 0 bridgehead atoms. The Morgan fingerprint density at radius 2 is 1.72 bits per heavy atom. The van der Waals surface area contributed by atoms with Crippen molar-refractivity contribution in [3.63, 3.8) is 0 Å². The number of esters is 1. The summed E-state index contributed by atoms with van der Waals surface area (Å²) in [6.07, 6.45) is -4.86. The minimum absolute atomic E-state index is 0.0252. The Hall–Kier alpha value is -5.00. The van der Waals surface area contributed by atoms with Gasteiger partial charge in [0.15, 0.2) is 11.5 Å². The van der Waals surface area contributed by atoms with E-state index in [-0.39, 0.29) is 42.2 Å². The molecule has 4 aromatic rings. The van der Waals surface area contributed by atoms with Crippen molar-refractivity contribution in [2.45, 2.75) is 31.7 Å². The molecule has 12 heteroatoms. The number of carbonyl (C=O) groups is 2. The van der Waals surface area contributed by atoms with Crippen LogP contribution >= 0.6 is 0 Å². The average molecular weight is 596 g/mol. The number of fused-ring (bicyclic) bond motifs is 2. The number of alkyl halides is 3. The first-order valence-corrected chi connectivity index (χ1v) is 13.5. The van der Waals surface area contributed by atoms with E-state index in [9.17, 15) is 27.6 Å².